The molecule has 0 radical (unpaired) electrons. The lowest BCUT2D eigenvalue weighted by Crippen LogP contribution is -2.48. The molecule has 0 unspecified atom stereocenters. The molecule has 1 saturated heterocycles. The zero-order chi connectivity index (χ0) is 26.3. The van der Waals surface area contributed by atoms with E-state index in [1.54, 1.807) is 18.9 Å². The van der Waals surface area contributed by atoms with Gasteiger partial charge in [-0.15, -0.1) is 10.2 Å². The second-order valence-electron chi connectivity index (χ2n) is 9.34. The van der Waals surface area contributed by atoms with Gasteiger partial charge in [0.15, 0.2) is 11.0 Å². The second-order valence-corrected chi connectivity index (χ2v) is 10.4. The molecular weight excluding hydrogens is 494 g/mol. The lowest BCUT2D eigenvalue weighted by atomic mass is 10.2. The Balaban J connectivity index is 1.18. The molecule has 0 atom stereocenters. The maximum Gasteiger partial charge on any atom is 0.222 e. The highest BCUT2D eigenvalue weighted by Gasteiger charge is 2.23. The van der Waals surface area contributed by atoms with Gasteiger partial charge in [-0.25, -0.2) is 0 Å². The molecular formula is C30H33N5O2S. The Morgan fingerprint density at radius 2 is 1.68 bits per heavy atom. The predicted molar refractivity (Wildman–Crippen MR) is 153 cm³/mol. The zero-order valence-electron chi connectivity index (χ0n) is 21.9. The SMILES string of the molecule is COc1ccccc1N1CCN(C(=O)CCCSc2nnc(-c3ccccc3)n2-c2cccc(C)c2)CC1. The van der Waals surface area contributed by atoms with Gasteiger partial charge in [-0.05, 0) is 43.2 Å². The summed E-state index contributed by atoms with van der Waals surface area (Å²) in [6, 6.07) is 26.6. The van der Waals surface area contributed by atoms with E-state index in [0.717, 1.165) is 72.0 Å². The molecule has 5 rings (SSSR count). The van der Waals surface area contributed by atoms with Gasteiger partial charge in [0.2, 0.25) is 5.91 Å². The Hall–Kier alpha value is -3.78. The summed E-state index contributed by atoms with van der Waals surface area (Å²) in [4.78, 5) is 17.2. The van der Waals surface area contributed by atoms with E-state index in [4.69, 9.17) is 4.74 Å². The number of hydrogen-bond acceptors (Lipinski definition) is 6. The van der Waals surface area contributed by atoms with Crippen molar-refractivity contribution in [2.45, 2.75) is 24.9 Å². The molecule has 1 aliphatic heterocycles. The van der Waals surface area contributed by atoms with Crippen LogP contribution in [0.2, 0.25) is 0 Å². The number of thioether (sulfide) groups is 1. The van der Waals surface area contributed by atoms with E-state index in [-0.39, 0.29) is 5.91 Å². The van der Waals surface area contributed by atoms with Gasteiger partial charge in [-0.2, -0.15) is 0 Å². The Kier molecular flexibility index (Phi) is 8.28. The fourth-order valence-corrected chi connectivity index (χ4v) is 5.66. The van der Waals surface area contributed by atoms with E-state index in [0.29, 0.717) is 6.42 Å². The molecule has 1 amide bonds. The number of rotatable bonds is 9. The number of para-hydroxylation sites is 2. The fourth-order valence-electron chi connectivity index (χ4n) is 4.77. The normalized spacial score (nSPS) is 13.5. The van der Waals surface area contributed by atoms with Crippen molar-refractivity contribution in [1.82, 2.24) is 19.7 Å². The molecule has 8 heteroatoms. The van der Waals surface area contributed by atoms with Gasteiger partial charge in [0.1, 0.15) is 5.75 Å². The third-order valence-corrected chi connectivity index (χ3v) is 7.76. The second kappa shape index (κ2) is 12.2. The van der Waals surface area contributed by atoms with Crippen LogP contribution in [0.1, 0.15) is 18.4 Å². The average Bonchev–Trinajstić information content (AvgIpc) is 3.39. The summed E-state index contributed by atoms with van der Waals surface area (Å²) >= 11 is 1.65. The molecule has 0 N–H and O–H groups in total. The largest absolute Gasteiger partial charge is 0.495 e. The monoisotopic (exact) mass is 527 g/mol. The number of ether oxygens (including phenoxy) is 1. The van der Waals surface area contributed by atoms with Crippen molar-refractivity contribution in [3.8, 4) is 22.8 Å². The molecule has 0 bridgehead atoms. The Bertz CT molecular complexity index is 1370. The summed E-state index contributed by atoms with van der Waals surface area (Å²) in [6.45, 7) is 5.16. The highest BCUT2D eigenvalue weighted by Crippen LogP contribution is 2.30. The Labute approximate surface area is 228 Å². The first kappa shape index (κ1) is 25.9. The summed E-state index contributed by atoms with van der Waals surface area (Å²) in [6.07, 6.45) is 1.32. The number of hydrogen-bond donors (Lipinski definition) is 0. The first-order chi connectivity index (χ1) is 18.6. The third-order valence-electron chi connectivity index (χ3n) is 6.75. The molecule has 0 aliphatic carbocycles. The van der Waals surface area contributed by atoms with E-state index in [1.165, 1.54) is 5.56 Å². The van der Waals surface area contributed by atoms with Crippen LogP contribution in [0.4, 0.5) is 5.69 Å². The van der Waals surface area contributed by atoms with Crippen LogP contribution >= 0.6 is 11.8 Å². The standard InChI is InChI=1S/C30H33N5O2S/c1-23-10-8-13-25(22-23)35-29(24-11-4-3-5-12-24)31-32-30(35)38-21-9-16-28(36)34-19-17-33(18-20-34)26-14-6-7-15-27(26)37-2/h3-8,10-15,22H,9,16-21H2,1-2H3. The average molecular weight is 528 g/mol. The highest BCUT2D eigenvalue weighted by atomic mass is 32.2. The van der Waals surface area contributed by atoms with Gasteiger partial charge in [-0.3, -0.25) is 9.36 Å². The topological polar surface area (TPSA) is 63.5 Å². The van der Waals surface area contributed by atoms with Crippen LogP contribution < -0.4 is 9.64 Å². The molecule has 0 spiro atoms. The van der Waals surface area contributed by atoms with Crippen LogP contribution in [-0.4, -0.2) is 64.6 Å². The van der Waals surface area contributed by atoms with E-state index in [2.05, 4.69) is 69.1 Å². The van der Waals surface area contributed by atoms with Gasteiger partial charge in [0.05, 0.1) is 12.8 Å². The number of carbonyl (C=O) groups is 1. The molecule has 1 aromatic heterocycles. The number of aryl methyl sites for hydroxylation is 1. The number of carbonyl (C=O) groups excluding carboxylic acids is 1. The van der Waals surface area contributed by atoms with Gasteiger partial charge < -0.3 is 14.5 Å². The molecule has 7 nitrogen and oxygen atoms in total. The first-order valence-corrected chi connectivity index (χ1v) is 14.0. The molecule has 1 aliphatic rings. The quantitative estimate of drug-likeness (QED) is 0.212. The van der Waals surface area contributed by atoms with Crippen LogP contribution in [0.25, 0.3) is 17.1 Å². The Morgan fingerprint density at radius 1 is 0.921 bits per heavy atom. The van der Waals surface area contributed by atoms with Crippen LogP contribution in [0.5, 0.6) is 5.75 Å². The molecule has 38 heavy (non-hydrogen) atoms. The third kappa shape index (κ3) is 5.86. The van der Waals surface area contributed by atoms with Crippen LogP contribution in [0.15, 0.2) is 84.0 Å². The van der Waals surface area contributed by atoms with E-state index in [9.17, 15) is 4.79 Å². The summed E-state index contributed by atoms with van der Waals surface area (Å²) in [7, 11) is 1.70. The highest BCUT2D eigenvalue weighted by molar-refractivity contribution is 7.99. The number of amides is 1. The van der Waals surface area contributed by atoms with Crippen molar-refractivity contribution < 1.29 is 9.53 Å². The molecule has 196 valence electrons. The molecule has 2 heterocycles. The summed E-state index contributed by atoms with van der Waals surface area (Å²) in [5.41, 5.74) is 4.34. The zero-order valence-corrected chi connectivity index (χ0v) is 22.7. The lowest BCUT2D eigenvalue weighted by Gasteiger charge is -2.36. The smallest absolute Gasteiger partial charge is 0.222 e. The minimum Gasteiger partial charge on any atom is -0.495 e. The summed E-state index contributed by atoms with van der Waals surface area (Å²) in [5, 5.41) is 9.89. The fraction of sp³-hybridized carbons (Fsp3) is 0.300. The van der Waals surface area contributed by atoms with E-state index >= 15 is 0 Å². The minimum absolute atomic E-state index is 0.218. The maximum atomic E-state index is 12.9. The number of nitrogens with zero attached hydrogens (tertiary/aromatic N) is 5. The number of methoxy groups -OCH3 is 1. The molecule has 1 fully saturated rings. The lowest BCUT2D eigenvalue weighted by molar-refractivity contribution is -0.131. The van der Waals surface area contributed by atoms with Crippen molar-refractivity contribution >= 4 is 23.4 Å². The van der Waals surface area contributed by atoms with Crippen LogP contribution in [0.3, 0.4) is 0 Å². The summed E-state index contributed by atoms with van der Waals surface area (Å²) < 4.78 is 7.62. The molecule has 0 saturated carbocycles. The number of piperazine rings is 1. The first-order valence-electron chi connectivity index (χ1n) is 13.0. The van der Waals surface area contributed by atoms with E-state index < -0.39 is 0 Å². The predicted octanol–water partition coefficient (Wildman–Crippen LogP) is 5.47. The van der Waals surface area contributed by atoms with Crippen LogP contribution in [0, 0.1) is 6.92 Å². The van der Waals surface area contributed by atoms with Crippen molar-refractivity contribution in [2.75, 3.05) is 43.9 Å². The van der Waals surface area contributed by atoms with Gasteiger partial charge in [0.25, 0.3) is 0 Å². The molecule has 4 aromatic rings. The van der Waals surface area contributed by atoms with E-state index in [1.807, 2.05) is 41.3 Å². The van der Waals surface area contributed by atoms with Gasteiger partial charge in [-0.1, -0.05) is 66.4 Å². The maximum absolute atomic E-state index is 12.9. The van der Waals surface area contributed by atoms with Crippen molar-refractivity contribution in [1.29, 1.82) is 0 Å². The number of aromatic nitrogens is 3. The van der Waals surface area contributed by atoms with Gasteiger partial charge in [0, 0.05) is 49.6 Å². The van der Waals surface area contributed by atoms with Gasteiger partial charge >= 0.3 is 0 Å². The van der Waals surface area contributed by atoms with Crippen molar-refractivity contribution in [2.24, 2.45) is 0 Å². The summed E-state index contributed by atoms with van der Waals surface area (Å²) in [5.74, 6) is 2.71. The Morgan fingerprint density at radius 3 is 2.45 bits per heavy atom. The van der Waals surface area contributed by atoms with Crippen LogP contribution in [-0.2, 0) is 4.79 Å². The minimum atomic E-state index is 0.218. The molecule has 3 aromatic carbocycles. The van der Waals surface area contributed by atoms with Crippen molar-refractivity contribution in [3.63, 3.8) is 0 Å². The van der Waals surface area contributed by atoms with Crippen molar-refractivity contribution in [3.05, 3.63) is 84.4 Å². The number of benzene rings is 3. The number of anilines is 1.